The van der Waals surface area contributed by atoms with Crippen molar-refractivity contribution < 1.29 is 9.53 Å². The molecular weight excluding hydrogens is 410 g/mol. The minimum absolute atomic E-state index is 0.156. The van der Waals surface area contributed by atoms with Crippen LogP contribution >= 0.6 is 0 Å². The molecule has 0 saturated heterocycles. The number of ether oxygens (including phenoxy) is 1. The van der Waals surface area contributed by atoms with E-state index in [1.54, 1.807) is 12.4 Å². The van der Waals surface area contributed by atoms with E-state index < -0.39 is 0 Å². The Morgan fingerprint density at radius 2 is 1.64 bits per heavy atom. The Hall–Kier alpha value is -3.18. The van der Waals surface area contributed by atoms with E-state index in [-0.39, 0.29) is 11.9 Å². The van der Waals surface area contributed by atoms with Crippen LogP contribution < -0.4 is 4.74 Å². The first-order valence-electron chi connectivity index (χ1n) is 11.7. The van der Waals surface area contributed by atoms with Crippen LogP contribution in [0.15, 0.2) is 73.1 Å². The highest BCUT2D eigenvalue weighted by Gasteiger charge is 2.32. The molecular formula is C28H33N3O2. The number of fused-ring (bicyclic) bond motifs is 1. The van der Waals surface area contributed by atoms with Crippen LogP contribution in [0.3, 0.4) is 0 Å². The molecule has 0 N–H and O–H groups in total. The SMILES string of the molecule is CC(C)COc1ccc(CN(Cc2ccncc2)C(=O)C2Cc3ccccc3CN2C)cc1. The number of nitrogens with zero attached hydrogens (tertiary/aromatic N) is 3. The van der Waals surface area contributed by atoms with Crippen LogP contribution in [0.25, 0.3) is 0 Å². The molecule has 0 bridgehead atoms. The van der Waals surface area contributed by atoms with E-state index >= 15 is 0 Å². The van der Waals surface area contributed by atoms with Crippen molar-refractivity contribution in [2.75, 3.05) is 13.7 Å². The summed E-state index contributed by atoms with van der Waals surface area (Å²) in [7, 11) is 2.05. The topological polar surface area (TPSA) is 45.7 Å². The number of hydrogen-bond donors (Lipinski definition) is 0. The first-order chi connectivity index (χ1) is 16.0. The molecule has 1 aromatic heterocycles. The number of carbonyl (C=O) groups is 1. The third-order valence-corrected chi connectivity index (χ3v) is 6.08. The predicted octanol–water partition coefficient (Wildman–Crippen LogP) is 4.70. The second-order valence-electron chi connectivity index (χ2n) is 9.30. The lowest BCUT2D eigenvalue weighted by Crippen LogP contribution is -2.49. The lowest BCUT2D eigenvalue weighted by atomic mass is 9.93. The summed E-state index contributed by atoms with van der Waals surface area (Å²) in [4.78, 5) is 22.1. The van der Waals surface area contributed by atoms with Crippen LogP contribution in [0.5, 0.6) is 5.75 Å². The van der Waals surface area contributed by atoms with Crippen LogP contribution in [-0.2, 0) is 30.8 Å². The van der Waals surface area contributed by atoms with Gasteiger partial charge in [-0.3, -0.25) is 14.7 Å². The summed E-state index contributed by atoms with van der Waals surface area (Å²) in [5, 5.41) is 0. The number of carbonyl (C=O) groups excluding carboxylic acids is 1. The van der Waals surface area contributed by atoms with Crippen LogP contribution in [-0.4, -0.2) is 40.4 Å². The number of likely N-dealkylation sites (N-methyl/N-ethyl adjacent to an activating group) is 1. The summed E-state index contributed by atoms with van der Waals surface area (Å²) in [6.07, 6.45) is 4.30. The summed E-state index contributed by atoms with van der Waals surface area (Å²) < 4.78 is 5.82. The molecule has 1 aliphatic heterocycles. The third kappa shape index (κ3) is 5.99. The van der Waals surface area contributed by atoms with Gasteiger partial charge in [-0.25, -0.2) is 0 Å². The highest BCUT2D eigenvalue weighted by molar-refractivity contribution is 5.82. The summed E-state index contributed by atoms with van der Waals surface area (Å²) in [5.41, 5.74) is 4.74. The van der Waals surface area contributed by atoms with Crippen molar-refractivity contribution in [1.82, 2.24) is 14.8 Å². The Bertz CT molecular complexity index is 1050. The van der Waals surface area contributed by atoms with Crippen molar-refractivity contribution in [2.24, 2.45) is 5.92 Å². The maximum absolute atomic E-state index is 13.8. The monoisotopic (exact) mass is 443 g/mol. The van der Waals surface area contributed by atoms with Crippen LogP contribution in [0.1, 0.15) is 36.1 Å². The fourth-order valence-corrected chi connectivity index (χ4v) is 4.24. The molecule has 1 amide bonds. The van der Waals surface area contributed by atoms with Crippen molar-refractivity contribution in [3.8, 4) is 5.75 Å². The number of pyridine rings is 1. The Kier molecular flexibility index (Phi) is 7.40. The Balaban J connectivity index is 1.53. The second kappa shape index (κ2) is 10.6. The largest absolute Gasteiger partial charge is 0.493 e. The molecule has 1 unspecified atom stereocenters. The standard InChI is InChI=1S/C28H33N3O2/c1-21(2)20-33-26-10-8-22(9-11-26)17-31(18-23-12-14-29-15-13-23)28(32)27-16-24-6-4-5-7-25(24)19-30(27)3/h4-15,21,27H,16-20H2,1-3H3. The van der Waals surface area contributed by atoms with Gasteiger partial charge in [-0.1, -0.05) is 50.2 Å². The van der Waals surface area contributed by atoms with E-state index in [2.05, 4.69) is 60.1 Å². The van der Waals surface area contributed by atoms with E-state index in [0.29, 0.717) is 25.6 Å². The summed E-state index contributed by atoms with van der Waals surface area (Å²) >= 11 is 0. The maximum atomic E-state index is 13.8. The molecule has 1 aliphatic rings. The minimum Gasteiger partial charge on any atom is -0.493 e. The molecule has 4 rings (SSSR count). The van der Waals surface area contributed by atoms with Gasteiger partial charge in [0.15, 0.2) is 0 Å². The van der Waals surface area contributed by atoms with Gasteiger partial charge in [0.1, 0.15) is 5.75 Å². The normalized spacial score (nSPS) is 15.8. The molecule has 0 spiro atoms. The average molecular weight is 444 g/mol. The number of amides is 1. The smallest absolute Gasteiger partial charge is 0.240 e. The van der Waals surface area contributed by atoms with E-state index in [9.17, 15) is 4.79 Å². The molecule has 2 heterocycles. The molecule has 0 fully saturated rings. The molecule has 33 heavy (non-hydrogen) atoms. The maximum Gasteiger partial charge on any atom is 0.240 e. The highest BCUT2D eigenvalue weighted by Crippen LogP contribution is 2.25. The Labute approximate surface area is 197 Å². The first kappa shape index (κ1) is 23.0. The number of hydrogen-bond acceptors (Lipinski definition) is 4. The lowest BCUT2D eigenvalue weighted by molar-refractivity contribution is -0.138. The quantitative estimate of drug-likeness (QED) is 0.506. The zero-order chi connectivity index (χ0) is 23.2. The minimum atomic E-state index is -0.171. The zero-order valence-electron chi connectivity index (χ0n) is 19.8. The molecule has 5 nitrogen and oxygen atoms in total. The molecule has 5 heteroatoms. The first-order valence-corrected chi connectivity index (χ1v) is 11.7. The summed E-state index contributed by atoms with van der Waals surface area (Å²) in [6, 6.07) is 20.3. The third-order valence-electron chi connectivity index (χ3n) is 6.08. The van der Waals surface area contributed by atoms with Gasteiger partial charge in [-0.15, -0.1) is 0 Å². The van der Waals surface area contributed by atoms with Gasteiger partial charge in [0.2, 0.25) is 5.91 Å². The van der Waals surface area contributed by atoms with Crippen molar-refractivity contribution in [1.29, 1.82) is 0 Å². The Morgan fingerprint density at radius 3 is 2.30 bits per heavy atom. The van der Waals surface area contributed by atoms with Crippen LogP contribution in [0, 0.1) is 5.92 Å². The molecule has 1 atom stereocenters. The Morgan fingerprint density at radius 1 is 1.00 bits per heavy atom. The van der Waals surface area contributed by atoms with Crippen molar-refractivity contribution >= 4 is 5.91 Å². The second-order valence-corrected chi connectivity index (χ2v) is 9.30. The lowest BCUT2D eigenvalue weighted by Gasteiger charge is -2.36. The van der Waals surface area contributed by atoms with E-state index in [1.165, 1.54) is 11.1 Å². The number of aromatic nitrogens is 1. The van der Waals surface area contributed by atoms with Crippen molar-refractivity contribution in [3.05, 3.63) is 95.3 Å². The van der Waals surface area contributed by atoms with Gasteiger partial charge >= 0.3 is 0 Å². The van der Waals surface area contributed by atoms with Gasteiger partial charge in [0.05, 0.1) is 12.6 Å². The van der Waals surface area contributed by atoms with Crippen molar-refractivity contribution in [2.45, 2.75) is 45.9 Å². The fraction of sp³-hybridized carbons (Fsp3) is 0.357. The van der Waals surface area contributed by atoms with Gasteiger partial charge < -0.3 is 9.64 Å². The zero-order valence-corrected chi connectivity index (χ0v) is 19.8. The molecule has 2 aromatic carbocycles. The molecule has 0 saturated carbocycles. The predicted molar refractivity (Wildman–Crippen MR) is 131 cm³/mol. The molecule has 3 aromatic rings. The van der Waals surface area contributed by atoms with Crippen molar-refractivity contribution in [3.63, 3.8) is 0 Å². The van der Waals surface area contributed by atoms with Crippen LogP contribution in [0.4, 0.5) is 0 Å². The fourth-order valence-electron chi connectivity index (χ4n) is 4.24. The van der Waals surface area contributed by atoms with Gasteiger partial charge in [-0.05, 0) is 65.9 Å². The number of benzene rings is 2. The molecule has 0 radical (unpaired) electrons. The number of rotatable bonds is 8. The van der Waals surface area contributed by atoms with Gasteiger partial charge in [0, 0.05) is 32.0 Å². The average Bonchev–Trinajstić information content (AvgIpc) is 2.83. The summed E-state index contributed by atoms with van der Waals surface area (Å²) in [5.74, 6) is 1.50. The summed E-state index contributed by atoms with van der Waals surface area (Å²) in [6.45, 7) is 6.87. The van der Waals surface area contributed by atoms with Gasteiger partial charge in [-0.2, -0.15) is 0 Å². The molecule has 0 aliphatic carbocycles. The van der Waals surface area contributed by atoms with E-state index in [4.69, 9.17) is 4.74 Å². The van der Waals surface area contributed by atoms with Crippen LogP contribution in [0.2, 0.25) is 0 Å². The molecule has 172 valence electrons. The highest BCUT2D eigenvalue weighted by atomic mass is 16.5. The van der Waals surface area contributed by atoms with E-state index in [0.717, 1.165) is 29.8 Å². The van der Waals surface area contributed by atoms with E-state index in [1.807, 2.05) is 36.2 Å². The van der Waals surface area contributed by atoms with Gasteiger partial charge in [0.25, 0.3) is 0 Å².